The molecule has 0 bridgehead atoms. The van der Waals surface area contributed by atoms with Crippen LogP contribution >= 0.6 is 0 Å². The highest BCUT2D eigenvalue weighted by atomic mass is 15.2. The molecule has 0 amide bonds. The summed E-state index contributed by atoms with van der Waals surface area (Å²) in [6.07, 6.45) is 1.89. The van der Waals surface area contributed by atoms with E-state index in [1.54, 1.807) is 0 Å². The Morgan fingerprint density at radius 2 is 1.89 bits per heavy atom. The predicted molar refractivity (Wildman–Crippen MR) is 115 cm³/mol. The molecule has 1 saturated heterocycles. The maximum atomic E-state index is 4.67. The third-order valence-corrected chi connectivity index (χ3v) is 5.70. The van der Waals surface area contributed by atoms with Gasteiger partial charge in [-0.2, -0.15) is 0 Å². The Labute approximate surface area is 161 Å². The number of aromatic nitrogens is 1. The van der Waals surface area contributed by atoms with Crippen LogP contribution in [0.1, 0.15) is 29.7 Å². The number of benzene rings is 2. The second-order valence-electron chi connectivity index (χ2n) is 7.46. The van der Waals surface area contributed by atoms with Gasteiger partial charge < -0.3 is 15.5 Å². The van der Waals surface area contributed by atoms with Crippen molar-refractivity contribution < 1.29 is 0 Å². The lowest BCUT2D eigenvalue weighted by Gasteiger charge is -2.29. The summed E-state index contributed by atoms with van der Waals surface area (Å²) in [7, 11) is 0. The van der Waals surface area contributed by atoms with E-state index in [4.69, 9.17) is 0 Å². The van der Waals surface area contributed by atoms with Gasteiger partial charge >= 0.3 is 0 Å². The van der Waals surface area contributed by atoms with E-state index in [9.17, 15) is 0 Å². The van der Waals surface area contributed by atoms with Gasteiger partial charge in [0.1, 0.15) is 5.82 Å². The highest BCUT2D eigenvalue weighted by Crippen LogP contribution is 2.30. The Balaban J connectivity index is 1.67. The van der Waals surface area contributed by atoms with E-state index in [0.717, 1.165) is 32.0 Å². The maximum absolute atomic E-state index is 4.67. The number of hydrogen-bond donors (Lipinski definition) is 2. The molecule has 3 aromatic rings. The minimum atomic E-state index is 0.200. The fraction of sp³-hybridized carbons (Fsp3) is 0.348. The van der Waals surface area contributed by atoms with E-state index >= 15 is 0 Å². The third-order valence-electron chi connectivity index (χ3n) is 5.70. The SMILES string of the molecule is Cc1cccc([C@@H](C)Nc2nccc3ccc(N4CCNCC4)cc23)c1C. The zero-order chi connectivity index (χ0) is 18.8. The second-order valence-corrected chi connectivity index (χ2v) is 7.46. The molecular weight excluding hydrogens is 332 g/mol. The van der Waals surface area contributed by atoms with Crippen molar-refractivity contribution in [1.29, 1.82) is 0 Å². The summed E-state index contributed by atoms with van der Waals surface area (Å²) in [5.41, 5.74) is 5.28. The van der Waals surface area contributed by atoms with Crippen molar-refractivity contribution in [2.45, 2.75) is 26.8 Å². The lowest BCUT2D eigenvalue weighted by Crippen LogP contribution is -2.43. The standard InChI is InChI=1S/C23H28N4/c1-16-5-4-6-21(17(16)2)18(3)26-23-22-15-20(27-13-11-24-12-14-27)8-7-19(22)9-10-25-23/h4-10,15,18,24H,11-14H2,1-3H3,(H,25,26)/t18-/m1/s1. The lowest BCUT2D eigenvalue weighted by molar-refractivity contribution is 0.589. The van der Waals surface area contributed by atoms with Crippen LogP contribution in [0.25, 0.3) is 10.8 Å². The smallest absolute Gasteiger partial charge is 0.134 e. The average molecular weight is 361 g/mol. The van der Waals surface area contributed by atoms with E-state index < -0.39 is 0 Å². The summed E-state index contributed by atoms with van der Waals surface area (Å²) in [6, 6.07) is 15.5. The Morgan fingerprint density at radius 1 is 1.07 bits per heavy atom. The molecule has 1 aromatic heterocycles. The van der Waals surface area contributed by atoms with Crippen molar-refractivity contribution in [1.82, 2.24) is 10.3 Å². The normalized spacial score (nSPS) is 15.7. The Morgan fingerprint density at radius 3 is 2.70 bits per heavy atom. The molecule has 2 heterocycles. The number of hydrogen-bond acceptors (Lipinski definition) is 4. The number of nitrogens with one attached hydrogen (secondary N) is 2. The highest BCUT2D eigenvalue weighted by Gasteiger charge is 2.14. The minimum absolute atomic E-state index is 0.200. The van der Waals surface area contributed by atoms with Crippen LogP contribution in [-0.4, -0.2) is 31.2 Å². The molecule has 0 spiro atoms. The molecule has 1 aliphatic rings. The molecule has 4 nitrogen and oxygen atoms in total. The molecule has 2 aromatic carbocycles. The van der Waals surface area contributed by atoms with Crippen LogP contribution in [0.5, 0.6) is 0 Å². The average Bonchev–Trinajstić information content (AvgIpc) is 2.70. The number of piperazine rings is 1. The summed E-state index contributed by atoms with van der Waals surface area (Å²) in [5, 5.41) is 9.49. The molecule has 1 aliphatic heterocycles. The minimum Gasteiger partial charge on any atom is -0.369 e. The molecule has 140 valence electrons. The van der Waals surface area contributed by atoms with Crippen LogP contribution < -0.4 is 15.5 Å². The van der Waals surface area contributed by atoms with Crippen molar-refractivity contribution >= 4 is 22.3 Å². The van der Waals surface area contributed by atoms with Crippen LogP contribution in [0.15, 0.2) is 48.7 Å². The van der Waals surface area contributed by atoms with Crippen molar-refractivity contribution in [3.63, 3.8) is 0 Å². The zero-order valence-electron chi connectivity index (χ0n) is 16.4. The van der Waals surface area contributed by atoms with Crippen LogP contribution in [-0.2, 0) is 0 Å². The van der Waals surface area contributed by atoms with Gasteiger partial charge in [-0.3, -0.25) is 0 Å². The number of nitrogens with zero attached hydrogens (tertiary/aromatic N) is 2. The summed E-state index contributed by atoms with van der Waals surface area (Å²) in [4.78, 5) is 7.11. The van der Waals surface area contributed by atoms with E-state index in [1.807, 2.05) is 6.20 Å². The van der Waals surface area contributed by atoms with Gasteiger partial charge in [-0.05, 0) is 61.0 Å². The Hall–Kier alpha value is -2.59. The molecule has 1 fully saturated rings. The lowest BCUT2D eigenvalue weighted by atomic mass is 9.98. The number of fused-ring (bicyclic) bond motifs is 1. The van der Waals surface area contributed by atoms with E-state index in [-0.39, 0.29) is 6.04 Å². The molecule has 0 aliphatic carbocycles. The molecule has 1 atom stereocenters. The summed E-state index contributed by atoms with van der Waals surface area (Å²) < 4.78 is 0. The quantitative estimate of drug-likeness (QED) is 0.722. The van der Waals surface area contributed by atoms with Gasteiger partial charge in [-0.1, -0.05) is 24.3 Å². The van der Waals surface area contributed by atoms with Crippen LogP contribution in [0, 0.1) is 13.8 Å². The first kappa shape index (κ1) is 17.8. The molecule has 27 heavy (non-hydrogen) atoms. The number of pyridine rings is 1. The molecule has 0 unspecified atom stereocenters. The molecule has 2 N–H and O–H groups in total. The highest BCUT2D eigenvalue weighted by molar-refractivity contribution is 5.94. The second kappa shape index (κ2) is 7.57. The number of anilines is 2. The first-order chi connectivity index (χ1) is 13.1. The van der Waals surface area contributed by atoms with Crippen molar-refractivity contribution in [2.24, 2.45) is 0 Å². The topological polar surface area (TPSA) is 40.2 Å². The summed E-state index contributed by atoms with van der Waals surface area (Å²) in [5.74, 6) is 0.956. The first-order valence-electron chi connectivity index (χ1n) is 9.80. The Bertz CT molecular complexity index is 944. The molecular formula is C23H28N4. The maximum Gasteiger partial charge on any atom is 0.134 e. The predicted octanol–water partition coefficient (Wildman–Crippen LogP) is 4.43. The monoisotopic (exact) mass is 360 g/mol. The fourth-order valence-electron chi connectivity index (χ4n) is 3.92. The van der Waals surface area contributed by atoms with Gasteiger partial charge in [0.2, 0.25) is 0 Å². The van der Waals surface area contributed by atoms with Crippen LogP contribution in [0.4, 0.5) is 11.5 Å². The van der Waals surface area contributed by atoms with Gasteiger partial charge in [-0.15, -0.1) is 0 Å². The number of aryl methyl sites for hydroxylation is 1. The largest absolute Gasteiger partial charge is 0.369 e. The van der Waals surface area contributed by atoms with Gasteiger partial charge in [0.25, 0.3) is 0 Å². The first-order valence-corrected chi connectivity index (χ1v) is 9.80. The van der Waals surface area contributed by atoms with E-state index in [2.05, 4.69) is 83.8 Å². The third kappa shape index (κ3) is 3.62. The zero-order valence-corrected chi connectivity index (χ0v) is 16.4. The molecule has 0 radical (unpaired) electrons. The molecule has 0 saturated carbocycles. The van der Waals surface area contributed by atoms with Gasteiger partial charge in [0, 0.05) is 43.4 Å². The van der Waals surface area contributed by atoms with Gasteiger partial charge in [0.15, 0.2) is 0 Å². The Kier molecular flexibility index (Phi) is 4.99. The van der Waals surface area contributed by atoms with Crippen molar-refractivity contribution in [3.8, 4) is 0 Å². The fourth-order valence-corrected chi connectivity index (χ4v) is 3.92. The van der Waals surface area contributed by atoms with E-state index in [0.29, 0.717) is 0 Å². The number of rotatable bonds is 4. The molecule has 4 rings (SSSR count). The summed E-state index contributed by atoms with van der Waals surface area (Å²) >= 11 is 0. The van der Waals surface area contributed by atoms with Gasteiger partial charge in [-0.25, -0.2) is 4.98 Å². The van der Waals surface area contributed by atoms with Crippen molar-refractivity contribution in [3.05, 3.63) is 65.4 Å². The van der Waals surface area contributed by atoms with Crippen LogP contribution in [0.2, 0.25) is 0 Å². The molecule has 4 heteroatoms. The van der Waals surface area contributed by atoms with Gasteiger partial charge in [0.05, 0.1) is 6.04 Å². The van der Waals surface area contributed by atoms with Crippen LogP contribution in [0.3, 0.4) is 0 Å². The van der Waals surface area contributed by atoms with E-state index in [1.165, 1.54) is 33.2 Å². The van der Waals surface area contributed by atoms with Crippen molar-refractivity contribution in [2.75, 3.05) is 36.4 Å². The summed E-state index contributed by atoms with van der Waals surface area (Å²) in [6.45, 7) is 10.8.